The zero-order chi connectivity index (χ0) is 10.2. The number of hydrogen-bond acceptors (Lipinski definition) is 3. The Bertz CT molecular complexity index is 359. The molecule has 0 aliphatic carbocycles. The van der Waals surface area contributed by atoms with Gasteiger partial charge in [0.25, 0.3) is 0 Å². The third kappa shape index (κ3) is 2.66. The van der Waals surface area contributed by atoms with Gasteiger partial charge in [-0.15, -0.1) is 0 Å². The molecular formula is C6H2Cl3NNaO3. The average molecular weight is 265 g/mol. The van der Waals surface area contributed by atoms with E-state index in [1.165, 1.54) is 0 Å². The van der Waals surface area contributed by atoms with Crippen LogP contribution in [-0.2, 0) is 0 Å². The van der Waals surface area contributed by atoms with Crippen LogP contribution in [0, 0.1) is 10.1 Å². The minimum atomic E-state index is -0.852. The van der Waals surface area contributed by atoms with Crippen LogP contribution in [0.2, 0.25) is 15.1 Å². The normalized spacial score (nSPS) is 9.36. The number of nitro benzene ring substituents is 1. The molecule has 0 aromatic heterocycles. The quantitative estimate of drug-likeness (QED) is 0.367. The van der Waals surface area contributed by atoms with Crippen LogP contribution in [0.25, 0.3) is 0 Å². The molecule has 1 rings (SSSR count). The number of phenolic OH excluding ortho intramolecular Hbond substituents is 1. The van der Waals surface area contributed by atoms with E-state index in [0.717, 1.165) is 6.07 Å². The first kappa shape index (κ1) is 14.3. The summed E-state index contributed by atoms with van der Waals surface area (Å²) in [5.74, 6) is -0.680. The minimum Gasteiger partial charge on any atom is -0.501 e. The van der Waals surface area contributed by atoms with Crippen molar-refractivity contribution in [2.75, 3.05) is 0 Å². The number of benzene rings is 1. The van der Waals surface area contributed by atoms with Crippen molar-refractivity contribution in [1.82, 2.24) is 0 Å². The van der Waals surface area contributed by atoms with E-state index >= 15 is 0 Å². The third-order valence-corrected chi connectivity index (χ3v) is 2.37. The molecule has 0 aliphatic heterocycles. The molecule has 0 heterocycles. The van der Waals surface area contributed by atoms with Crippen LogP contribution in [0.1, 0.15) is 0 Å². The van der Waals surface area contributed by atoms with Crippen molar-refractivity contribution in [3.8, 4) is 5.75 Å². The molecule has 1 aromatic rings. The predicted octanol–water partition coefficient (Wildman–Crippen LogP) is 2.88. The number of hydrogen-bond donors (Lipinski definition) is 1. The smallest absolute Gasteiger partial charge is 0.332 e. The molecule has 1 aromatic carbocycles. The minimum absolute atomic E-state index is 0. The van der Waals surface area contributed by atoms with Gasteiger partial charge in [0, 0.05) is 29.6 Å². The molecule has 0 fully saturated rings. The van der Waals surface area contributed by atoms with Gasteiger partial charge in [-0.2, -0.15) is 0 Å². The Kier molecular flexibility index (Phi) is 5.51. The Morgan fingerprint density at radius 1 is 1.29 bits per heavy atom. The summed E-state index contributed by atoms with van der Waals surface area (Å²) in [6, 6.07) is 1.13. The number of phenols is 1. The first-order chi connectivity index (χ1) is 5.95. The molecule has 0 atom stereocenters. The summed E-state index contributed by atoms with van der Waals surface area (Å²) in [6.45, 7) is 0. The molecule has 4 nitrogen and oxygen atoms in total. The van der Waals surface area contributed by atoms with Gasteiger partial charge in [0.05, 0.1) is 15.0 Å². The SMILES string of the molecule is O=[N+]([O-])c1c(O)c(Cl)cc(Cl)c1Cl.[Na]. The standard InChI is InChI=1S/C6H2Cl3NO3.Na/c7-2-1-3(8)6(11)5(4(2)9)10(12)13;/h1,11H;. The summed E-state index contributed by atoms with van der Waals surface area (Å²) < 4.78 is 0. The van der Waals surface area contributed by atoms with E-state index in [1.807, 2.05) is 0 Å². The second-order valence-electron chi connectivity index (χ2n) is 2.11. The van der Waals surface area contributed by atoms with Crippen molar-refractivity contribution in [3.05, 3.63) is 31.2 Å². The molecule has 14 heavy (non-hydrogen) atoms. The van der Waals surface area contributed by atoms with Crippen molar-refractivity contribution >= 4 is 70.0 Å². The second kappa shape index (κ2) is 5.39. The molecule has 0 amide bonds. The summed E-state index contributed by atoms with van der Waals surface area (Å²) >= 11 is 16.4. The van der Waals surface area contributed by atoms with E-state index in [9.17, 15) is 10.1 Å². The van der Waals surface area contributed by atoms with E-state index in [1.54, 1.807) is 0 Å². The Morgan fingerprint density at radius 2 is 1.79 bits per heavy atom. The van der Waals surface area contributed by atoms with Crippen LogP contribution in [0.5, 0.6) is 5.75 Å². The van der Waals surface area contributed by atoms with E-state index < -0.39 is 16.4 Å². The van der Waals surface area contributed by atoms with Crippen molar-refractivity contribution in [2.45, 2.75) is 0 Å². The van der Waals surface area contributed by atoms with Gasteiger partial charge in [-0.3, -0.25) is 10.1 Å². The van der Waals surface area contributed by atoms with Crippen LogP contribution < -0.4 is 0 Å². The number of aromatic hydroxyl groups is 1. The van der Waals surface area contributed by atoms with Crippen LogP contribution in [0.4, 0.5) is 5.69 Å². The summed E-state index contributed by atoms with van der Waals surface area (Å²) in [5.41, 5.74) is -0.681. The fourth-order valence-corrected chi connectivity index (χ4v) is 1.41. The molecule has 0 saturated carbocycles. The maximum absolute atomic E-state index is 10.4. The van der Waals surface area contributed by atoms with E-state index in [0.29, 0.717) is 0 Å². The van der Waals surface area contributed by atoms with Crippen molar-refractivity contribution in [3.63, 3.8) is 0 Å². The Morgan fingerprint density at radius 3 is 2.21 bits per heavy atom. The number of rotatable bonds is 1. The second-order valence-corrected chi connectivity index (χ2v) is 3.30. The molecule has 0 bridgehead atoms. The van der Waals surface area contributed by atoms with Crippen molar-refractivity contribution in [1.29, 1.82) is 0 Å². The van der Waals surface area contributed by atoms with Crippen LogP contribution in [0.15, 0.2) is 6.07 Å². The summed E-state index contributed by atoms with van der Waals surface area (Å²) in [6.07, 6.45) is 0. The van der Waals surface area contributed by atoms with Gasteiger partial charge < -0.3 is 5.11 Å². The van der Waals surface area contributed by atoms with Crippen LogP contribution in [0.3, 0.4) is 0 Å². The molecule has 0 saturated heterocycles. The molecular weight excluding hydrogens is 263 g/mol. The van der Waals surface area contributed by atoms with E-state index in [2.05, 4.69) is 0 Å². The largest absolute Gasteiger partial charge is 0.501 e. The maximum atomic E-state index is 10.4. The molecule has 8 heteroatoms. The predicted molar refractivity (Wildman–Crippen MR) is 55.5 cm³/mol. The van der Waals surface area contributed by atoms with Gasteiger partial charge in [-0.05, 0) is 6.07 Å². The Labute approximate surface area is 116 Å². The van der Waals surface area contributed by atoms with Crippen LogP contribution >= 0.6 is 34.8 Å². The fourth-order valence-electron chi connectivity index (χ4n) is 0.740. The van der Waals surface area contributed by atoms with Gasteiger partial charge in [-0.25, -0.2) is 0 Å². The van der Waals surface area contributed by atoms with Gasteiger partial charge in [0.15, 0.2) is 0 Å². The van der Waals surface area contributed by atoms with Crippen molar-refractivity contribution < 1.29 is 10.0 Å². The average Bonchev–Trinajstić information content (AvgIpc) is 2.01. The first-order valence-electron chi connectivity index (χ1n) is 2.96. The van der Waals surface area contributed by atoms with Gasteiger partial charge in [-0.1, -0.05) is 34.8 Å². The van der Waals surface area contributed by atoms with Gasteiger partial charge in [0.1, 0.15) is 5.02 Å². The summed E-state index contributed by atoms with van der Waals surface area (Å²) in [4.78, 5) is 9.54. The van der Waals surface area contributed by atoms with Crippen LogP contribution in [-0.4, -0.2) is 39.6 Å². The zero-order valence-electron chi connectivity index (χ0n) is 6.92. The number of nitro groups is 1. The Hall–Kier alpha value is 0.290. The maximum Gasteiger partial charge on any atom is 0.332 e. The molecule has 0 spiro atoms. The Balaban J connectivity index is 0.00000169. The topological polar surface area (TPSA) is 63.4 Å². The fraction of sp³-hybridized carbons (Fsp3) is 0. The molecule has 0 unspecified atom stereocenters. The van der Waals surface area contributed by atoms with Crippen molar-refractivity contribution in [2.24, 2.45) is 0 Å². The summed E-state index contributed by atoms with van der Waals surface area (Å²) in [5, 5.41) is 18.9. The molecule has 1 radical (unpaired) electrons. The monoisotopic (exact) mass is 264 g/mol. The zero-order valence-corrected chi connectivity index (χ0v) is 11.2. The molecule has 1 N–H and O–H groups in total. The van der Waals surface area contributed by atoms with Gasteiger partial charge >= 0.3 is 5.69 Å². The molecule has 0 aliphatic rings. The first-order valence-corrected chi connectivity index (χ1v) is 4.09. The van der Waals surface area contributed by atoms with Gasteiger partial charge in [0.2, 0.25) is 5.75 Å². The summed E-state index contributed by atoms with van der Waals surface area (Å²) in [7, 11) is 0. The third-order valence-electron chi connectivity index (χ3n) is 1.30. The molecule has 71 valence electrons. The van der Waals surface area contributed by atoms with E-state index in [-0.39, 0.29) is 44.6 Å². The number of halogens is 3. The van der Waals surface area contributed by atoms with E-state index in [4.69, 9.17) is 39.9 Å². The number of nitrogens with zero attached hydrogens (tertiary/aromatic N) is 1.